The Bertz CT molecular complexity index is 297. The summed E-state index contributed by atoms with van der Waals surface area (Å²) >= 11 is 0. The Hall–Kier alpha value is -1.05. The summed E-state index contributed by atoms with van der Waals surface area (Å²) in [5.74, 6) is 1.34. The molecule has 0 unspecified atom stereocenters. The van der Waals surface area contributed by atoms with Gasteiger partial charge in [-0.25, -0.2) is 0 Å². The van der Waals surface area contributed by atoms with Gasteiger partial charge in [-0.15, -0.1) is 0 Å². The molecule has 2 heteroatoms. The van der Waals surface area contributed by atoms with Crippen molar-refractivity contribution < 1.29 is 9.21 Å². The zero-order valence-electron chi connectivity index (χ0n) is 9.17. The van der Waals surface area contributed by atoms with Crippen molar-refractivity contribution in [3.05, 3.63) is 23.7 Å². The first-order valence-electron chi connectivity index (χ1n) is 5.18. The van der Waals surface area contributed by atoms with E-state index in [1.54, 1.807) is 6.26 Å². The highest BCUT2D eigenvalue weighted by Crippen LogP contribution is 2.14. The van der Waals surface area contributed by atoms with Crippen molar-refractivity contribution in [2.75, 3.05) is 0 Å². The maximum atomic E-state index is 11.6. The summed E-state index contributed by atoms with van der Waals surface area (Å²) in [4.78, 5) is 11.6. The number of rotatable bonds is 5. The van der Waals surface area contributed by atoms with Crippen molar-refractivity contribution in [3.8, 4) is 0 Å². The Morgan fingerprint density at radius 1 is 1.50 bits per heavy atom. The molecular weight excluding hydrogens is 176 g/mol. The molecule has 0 aromatic carbocycles. The van der Waals surface area contributed by atoms with E-state index in [9.17, 15) is 4.79 Å². The molecule has 0 atom stereocenters. The molecule has 0 saturated heterocycles. The summed E-state index contributed by atoms with van der Waals surface area (Å²) in [7, 11) is 0. The summed E-state index contributed by atoms with van der Waals surface area (Å²) in [6, 6.07) is 1.83. The van der Waals surface area contributed by atoms with Gasteiger partial charge in [0.2, 0.25) is 0 Å². The van der Waals surface area contributed by atoms with Crippen LogP contribution in [-0.2, 0) is 0 Å². The monoisotopic (exact) mass is 194 g/mol. The first kappa shape index (κ1) is 11.0. The number of carbonyl (C=O) groups excluding carboxylic acids is 1. The third-order valence-corrected chi connectivity index (χ3v) is 2.30. The van der Waals surface area contributed by atoms with Crippen molar-refractivity contribution in [3.63, 3.8) is 0 Å². The first-order valence-corrected chi connectivity index (χ1v) is 5.18. The third-order valence-electron chi connectivity index (χ3n) is 2.30. The predicted octanol–water partition coefficient (Wildman–Crippen LogP) is 3.60. The molecule has 0 aliphatic carbocycles. The molecule has 2 nitrogen and oxygen atoms in total. The maximum Gasteiger partial charge on any atom is 0.198 e. The lowest BCUT2D eigenvalue weighted by Gasteiger charge is -2.02. The number of ketones is 1. The van der Waals surface area contributed by atoms with Crippen LogP contribution in [0.15, 0.2) is 16.7 Å². The van der Waals surface area contributed by atoms with Crippen LogP contribution in [-0.4, -0.2) is 5.78 Å². The molecular formula is C12H18O2. The Morgan fingerprint density at radius 3 is 2.71 bits per heavy atom. The van der Waals surface area contributed by atoms with Crippen LogP contribution < -0.4 is 0 Å². The van der Waals surface area contributed by atoms with Gasteiger partial charge >= 0.3 is 0 Å². The molecule has 1 rings (SSSR count). The Morgan fingerprint density at radius 2 is 2.21 bits per heavy atom. The van der Waals surface area contributed by atoms with E-state index in [2.05, 4.69) is 13.8 Å². The van der Waals surface area contributed by atoms with Gasteiger partial charge in [-0.1, -0.05) is 20.3 Å². The van der Waals surface area contributed by atoms with E-state index in [-0.39, 0.29) is 5.78 Å². The van der Waals surface area contributed by atoms with Crippen LogP contribution >= 0.6 is 0 Å². The molecule has 14 heavy (non-hydrogen) atoms. The van der Waals surface area contributed by atoms with Gasteiger partial charge in [0.25, 0.3) is 0 Å². The molecule has 1 aromatic rings. The zero-order valence-corrected chi connectivity index (χ0v) is 9.17. The second kappa shape index (κ2) is 4.99. The van der Waals surface area contributed by atoms with Gasteiger partial charge < -0.3 is 4.42 Å². The van der Waals surface area contributed by atoms with E-state index in [1.165, 1.54) is 0 Å². The average molecular weight is 194 g/mol. The minimum atomic E-state index is 0.133. The number of furan rings is 1. The highest BCUT2D eigenvalue weighted by Gasteiger charge is 2.11. The second-order valence-electron chi connectivity index (χ2n) is 4.14. The molecule has 1 aromatic heterocycles. The van der Waals surface area contributed by atoms with Crippen LogP contribution in [0.4, 0.5) is 0 Å². The molecule has 0 aliphatic heterocycles. The van der Waals surface area contributed by atoms with Crippen LogP contribution in [0.5, 0.6) is 0 Å². The molecule has 0 radical (unpaired) electrons. The van der Waals surface area contributed by atoms with Crippen LogP contribution in [0, 0.1) is 12.8 Å². The van der Waals surface area contributed by atoms with E-state index < -0.39 is 0 Å². The normalized spacial score (nSPS) is 10.9. The van der Waals surface area contributed by atoms with E-state index in [0.717, 1.165) is 18.4 Å². The molecule has 0 N–H and O–H groups in total. The van der Waals surface area contributed by atoms with Gasteiger partial charge in [0.05, 0.1) is 6.26 Å². The first-order chi connectivity index (χ1) is 6.61. The molecule has 0 fully saturated rings. The van der Waals surface area contributed by atoms with Crippen LogP contribution in [0.3, 0.4) is 0 Å². The minimum absolute atomic E-state index is 0.133. The Labute approximate surface area is 85.3 Å². The highest BCUT2D eigenvalue weighted by atomic mass is 16.3. The summed E-state index contributed by atoms with van der Waals surface area (Å²) in [6.07, 6.45) is 4.24. The fraction of sp³-hybridized carbons (Fsp3) is 0.583. The van der Waals surface area contributed by atoms with Gasteiger partial charge in [0.15, 0.2) is 11.5 Å². The summed E-state index contributed by atoms with van der Waals surface area (Å²) in [6.45, 7) is 6.24. The van der Waals surface area contributed by atoms with Crippen LogP contribution in [0.2, 0.25) is 0 Å². The standard InChI is InChI=1S/C12H18O2/c1-9(2)5-4-6-11(13)12-10(3)7-8-14-12/h7-9H,4-6H2,1-3H3. The van der Waals surface area contributed by atoms with Gasteiger partial charge in [-0.2, -0.15) is 0 Å². The van der Waals surface area contributed by atoms with Crippen LogP contribution in [0.25, 0.3) is 0 Å². The maximum absolute atomic E-state index is 11.6. The molecule has 0 bridgehead atoms. The van der Waals surface area contributed by atoms with Crippen LogP contribution in [0.1, 0.15) is 49.2 Å². The highest BCUT2D eigenvalue weighted by molar-refractivity contribution is 5.94. The van der Waals surface area contributed by atoms with Gasteiger partial charge in [0, 0.05) is 6.42 Å². The fourth-order valence-corrected chi connectivity index (χ4v) is 1.44. The molecule has 1 heterocycles. The topological polar surface area (TPSA) is 30.2 Å². The Balaban J connectivity index is 2.40. The molecule has 0 saturated carbocycles. The molecule has 78 valence electrons. The van der Waals surface area contributed by atoms with E-state index in [1.807, 2.05) is 13.0 Å². The number of Topliss-reactive ketones (excluding diaryl/α,β-unsaturated/α-hetero) is 1. The minimum Gasteiger partial charge on any atom is -0.461 e. The molecule has 0 amide bonds. The quantitative estimate of drug-likeness (QED) is 0.670. The molecule has 0 aliphatic rings. The van der Waals surface area contributed by atoms with Crippen molar-refractivity contribution in [1.29, 1.82) is 0 Å². The second-order valence-corrected chi connectivity index (χ2v) is 4.14. The summed E-state index contributed by atoms with van der Waals surface area (Å²) < 4.78 is 5.13. The summed E-state index contributed by atoms with van der Waals surface area (Å²) in [5, 5.41) is 0. The largest absolute Gasteiger partial charge is 0.461 e. The fourth-order valence-electron chi connectivity index (χ4n) is 1.44. The number of carbonyl (C=O) groups is 1. The number of aryl methyl sites for hydroxylation is 1. The molecule has 0 spiro atoms. The van der Waals surface area contributed by atoms with Crippen molar-refractivity contribution in [2.24, 2.45) is 5.92 Å². The van der Waals surface area contributed by atoms with Gasteiger partial charge in [0.1, 0.15) is 0 Å². The predicted molar refractivity (Wildman–Crippen MR) is 56.5 cm³/mol. The van der Waals surface area contributed by atoms with Gasteiger partial charge in [-0.05, 0) is 30.9 Å². The smallest absolute Gasteiger partial charge is 0.198 e. The lowest BCUT2D eigenvalue weighted by Crippen LogP contribution is -2.00. The van der Waals surface area contributed by atoms with Crippen molar-refractivity contribution >= 4 is 5.78 Å². The number of hydrogen-bond acceptors (Lipinski definition) is 2. The Kier molecular flexibility index (Phi) is 3.93. The van der Waals surface area contributed by atoms with E-state index in [4.69, 9.17) is 4.42 Å². The zero-order chi connectivity index (χ0) is 10.6. The lowest BCUT2D eigenvalue weighted by molar-refractivity contribution is 0.0950. The SMILES string of the molecule is Cc1ccoc1C(=O)CCCC(C)C. The van der Waals surface area contributed by atoms with Crippen molar-refractivity contribution in [1.82, 2.24) is 0 Å². The van der Waals surface area contributed by atoms with Crippen molar-refractivity contribution in [2.45, 2.75) is 40.0 Å². The van der Waals surface area contributed by atoms with E-state index >= 15 is 0 Å². The summed E-state index contributed by atoms with van der Waals surface area (Å²) in [5.41, 5.74) is 0.944. The number of hydrogen-bond donors (Lipinski definition) is 0. The van der Waals surface area contributed by atoms with E-state index in [0.29, 0.717) is 18.1 Å². The van der Waals surface area contributed by atoms with Gasteiger partial charge in [-0.3, -0.25) is 4.79 Å². The third kappa shape index (κ3) is 3.02. The average Bonchev–Trinajstić information content (AvgIpc) is 2.50. The lowest BCUT2D eigenvalue weighted by atomic mass is 10.0.